The summed E-state index contributed by atoms with van der Waals surface area (Å²) in [5.41, 5.74) is 6.77. The molecule has 5 heteroatoms. The molecule has 0 aromatic heterocycles. The lowest BCUT2D eigenvalue weighted by Crippen LogP contribution is -2.43. The zero-order valence-electron chi connectivity index (χ0n) is 12.6. The molecule has 2 atom stereocenters. The van der Waals surface area contributed by atoms with Crippen molar-refractivity contribution in [2.75, 3.05) is 13.1 Å². The first-order chi connectivity index (χ1) is 9.99. The highest BCUT2D eigenvalue weighted by Crippen LogP contribution is 2.28. The van der Waals surface area contributed by atoms with Gasteiger partial charge in [0.15, 0.2) is 6.10 Å². The van der Waals surface area contributed by atoms with E-state index < -0.39 is 6.10 Å². The van der Waals surface area contributed by atoms with Crippen LogP contribution in [-0.4, -0.2) is 30.0 Å². The van der Waals surface area contributed by atoms with Crippen molar-refractivity contribution in [3.63, 3.8) is 0 Å². The van der Waals surface area contributed by atoms with Crippen LogP contribution in [0.15, 0.2) is 18.2 Å². The van der Waals surface area contributed by atoms with Gasteiger partial charge in [0, 0.05) is 19.1 Å². The number of hydrogen-bond acceptors (Lipinski definition) is 3. The summed E-state index contributed by atoms with van der Waals surface area (Å²) in [6, 6.07) is 5.37. The molecule has 0 spiro atoms. The molecule has 0 radical (unpaired) electrons. The Morgan fingerprint density at radius 2 is 1.95 bits per heavy atom. The van der Waals surface area contributed by atoms with Crippen LogP contribution in [0.1, 0.15) is 44.7 Å². The summed E-state index contributed by atoms with van der Waals surface area (Å²) in [4.78, 5) is 14.2. The van der Waals surface area contributed by atoms with Crippen LogP contribution < -0.4 is 10.5 Å². The first-order valence-corrected chi connectivity index (χ1v) is 7.87. The third kappa shape index (κ3) is 4.11. The quantitative estimate of drug-likeness (QED) is 0.929. The van der Waals surface area contributed by atoms with Crippen molar-refractivity contribution in [3.05, 3.63) is 28.8 Å². The number of amides is 1. The van der Waals surface area contributed by atoms with E-state index in [1.54, 1.807) is 19.1 Å². The lowest BCUT2D eigenvalue weighted by molar-refractivity contribution is -0.138. The number of hydrogen-bond donors (Lipinski definition) is 1. The molecule has 1 amide bonds. The Balaban J connectivity index is 2.01. The van der Waals surface area contributed by atoms with Crippen molar-refractivity contribution in [1.82, 2.24) is 4.90 Å². The molecular weight excluding hydrogens is 288 g/mol. The predicted molar refractivity (Wildman–Crippen MR) is 84.6 cm³/mol. The van der Waals surface area contributed by atoms with Crippen molar-refractivity contribution in [2.24, 2.45) is 5.73 Å². The van der Waals surface area contributed by atoms with Gasteiger partial charge in [-0.15, -0.1) is 0 Å². The van der Waals surface area contributed by atoms with Crippen LogP contribution in [0.3, 0.4) is 0 Å². The van der Waals surface area contributed by atoms with Gasteiger partial charge in [-0.25, -0.2) is 0 Å². The number of ether oxygens (including phenoxy) is 1. The molecule has 1 aliphatic heterocycles. The van der Waals surface area contributed by atoms with Crippen molar-refractivity contribution in [1.29, 1.82) is 0 Å². The second kappa shape index (κ2) is 7.14. The fraction of sp³-hybridized carbons (Fsp3) is 0.562. The van der Waals surface area contributed by atoms with Crippen LogP contribution >= 0.6 is 11.6 Å². The second-order valence-electron chi connectivity index (χ2n) is 5.62. The molecule has 1 unspecified atom stereocenters. The maximum absolute atomic E-state index is 12.3. The van der Waals surface area contributed by atoms with Crippen molar-refractivity contribution in [2.45, 2.75) is 45.3 Å². The van der Waals surface area contributed by atoms with Gasteiger partial charge in [0.25, 0.3) is 5.91 Å². The van der Waals surface area contributed by atoms with Crippen LogP contribution in [0, 0.1) is 0 Å². The molecular formula is C16H23ClN2O2. The minimum Gasteiger partial charge on any atom is -0.479 e. The van der Waals surface area contributed by atoms with Gasteiger partial charge in [0.05, 0.1) is 5.02 Å². The Labute approximate surface area is 131 Å². The maximum Gasteiger partial charge on any atom is 0.263 e. The van der Waals surface area contributed by atoms with E-state index >= 15 is 0 Å². The first kappa shape index (κ1) is 16.1. The third-order valence-corrected chi connectivity index (χ3v) is 4.10. The highest BCUT2D eigenvalue weighted by atomic mass is 35.5. The van der Waals surface area contributed by atoms with Crippen molar-refractivity contribution < 1.29 is 9.53 Å². The van der Waals surface area contributed by atoms with E-state index in [9.17, 15) is 4.79 Å². The zero-order valence-corrected chi connectivity index (χ0v) is 13.4. The van der Waals surface area contributed by atoms with Crippen LogP contribution in [0.5, 0.6) is 5.75 Å². The molecule has 1 aromatic rings. The Morgan fingerprint density at radius 1 is 1.29 bits per heavy atom. The fourth-order valence-corrected chi connectivity index (χ4v) is 2.74. The molecule has 2 rings (SSSR count). The summed E-state index contributed by atoms with van der Waals surface area (Å²) in [7, 11) is 0. The monoisotopic (exact) mass is 310 g/mol. The van der Waals surface area contributed by atoms with Gasteiger partial charge in [-0.1, -0.05) is 17.7 Å². The highest BCUT2D eigenvalue weighted by molar-refractivity contribution is 6.32. The number of rotatable bonds is 4. The largest absolute Gasteiger partial charge is 0.479 e. The zero-order chi connectivity index (χ0) is 15.4. The standard InChI is InChI=1S/C16H23ClN2O2/c1-11(18)13-6-7-15(14(17)10-13)21-12(2)16(20)19-8-4-3-5-9-19/h6-7,10-12H,3-5,8-9,18H2,1-2H3/t11-,12?/m0/s1. The van der Waals surface area contributed by atoms with E-state index in [-0.39, 0.29) is 11.9 Å². The van der Waals surface area contributed by atoms with Gasteiger partial charge in [0.2, 0.25) is 0 Å². The summed E-state index contributed by atoms with van der Waals surface area (Å²) in [5, 5.41) is 0.489. The second-order valence-corrected chi connectivity index (χ2v) is 6.03. The van der Waals surface area contributed by atoms with Crippen molar-refractivity contribution in [3.8, 4) is 5.75 Å². The number of likely N-dealkylation sites (tertiary alicyclic amines) is 1. The van der Waals surface area contributed by atoms with E-state index in [0.29, 0.717) is 10.8 Å². The average molecular weight is 311 g/mol. The third-order valence-electron chi connectivity index (χ3n) is 3.80. The molecule has 0 bridgehead atoms. The van der Waals surface area contributed by atoms with E-state index in [0.717, 1.165) is 31.5 Å². The number of benzene rings is 1. The Bertz CT molecular complexity index is 499. The molecule has 0 saturated carbocycles. The van der Waals surface area contributed by atoms with Crippen molar-refractivity contribution >= 4 is 17.5 Å². The van der Waals surface area contributed by atoms with Crippen LogP contribution in [0.2, 0.25) is 5.02 Å². The normalized spacial score (nSPS) is 18.2. The SMILES string of the molecule is CC(Oc1ccc([C@H](C)N)cc1Cl)C(=O)N1CCCCC1. The Hall–Kier alpha value is -1.26. The molecule has 1 fully saturated rings. The summed E-state index contributed by atoms with van der Waals surface area (Å²) < 4.78 is 5.73. The number of nitrogens with zero attached hydrogens (tertiary/aromatic N) is 1. The number of carbonyl (C=O) groups is 1. The maximum atomic E-state index is 12.3. The smallest absolute Gasteiger partial charge is 0.263 e. The lowest BCUT2D eigenvalue weighted by atomic mass is 10.1. The average Bonchev–Trinajstić information content (AvgIpc) is 2.49. The molecule has 1 aromatic carbocycles. The summed E-state index contributed by atoms with van der Waals surface area (Å²) in [6.07, 6.45) is 2.82. The topological polar surface area (TPSA) is 55.6 Å². The number of carbonyl (C=O) groups excluding carboxylic acids is 1. The molecule has 116 valence electrons. The van der Waals surface area contributed by atoms with Gasteiger partial charge >= 0.3 is 0 Å². The number of nitrogens with two attached hydrogens (primary N) is 1. The first-order valence-electron chi connectivity index (χ1n) is 7.49. The van der Waals surface area contributed by atoms with E-state index in [1.165, 1.54) is 6.42 Å². The van der Waals surface area contributed by atoms with Gasteiger partial charge < -0.3 is 15.4 Å². The Morgan fingerprint density at radius 3 is 2.52 bits per heavy atom. The van der Waals surface area contributed by atoms with Gasteiger partial charge in [-0.2, -0.15) is 0 Å². The van der Waals surface area contributed by atoms with E-state index in [4.69, 9.17) is 22.1 Å². The molecule has 1 saturated heterocycles. The fourth-order valence-electron chi connectivity index (χ4n) is 2.51. The van der Waals surface area contributed by atoms with Gasteiger partial charge in [0.1, 0.15) is 5.75 Å². The minimum atomic E-state index is -0.526. The predicted octanol–water partition coefficient (Wildman–Crippen LogP) is 3.14. The summed E-state index contributed by atoms with van der Waals surface area (Å²) in [6.45, 7) is 5.31. The highest BCUT2D eigenvalue weighted by Gasteiger charge is 2.24. The van der Waals surface area contributed by atoms with Gasteiger partial charge in [-0.05, 0) is 50.8 Å². The minimum absolute atomic E-state index is 0.0297. The van der Waals surface area contributed by atoms with Crippen LogP contribution in [0.4, 0.5) is 0 Å². The molecule has 2 N–H and O–H groups in total. The molecule has 1 aliphatic rings. The number of halogens is 1. The summed E-state index contributed by atoms with van der Waals surface area (Å²) >= 11 is 6.20. The molecule has 0 aliphatic carbocycles. The molecule has 21 heavy (non-hydrogen) atoms. The van der Waals surface area contributed by atoms with E-state index in [1.807, 2.05) is 17.9 Å². The summed E-state index contributed by atoms with van der Waals surface area (Å²) in [5.74, 6) is 0.556. The van der Waals surface area contributed by atoms with Crippen LogP contribution in [0.25, 0.3) is 0 Å². The van der Waals surface area contributed by atoms with E-state index in [2.05, 4.69) is 0 Å². The lowest BCUT2D eigenvalue weighted by Gasteiger charge is -2.29. The molecule has 4 nitrogen and oxygen atoms in total. The molecule has 1 heterocycles. The number of piperidine rings is 1. The Kier molecular flexibility index (Phi) is 5.48. The van der Waals surface area contributed by atoms with Crippen LogP contribution in [-0.2, 0) is 4.79 Å². The van der Waals surface area contributed by atoms with Gasteiger partial charge in [-0.3, -0.25) is 4.79 Å².